The average Bonchev–Trinajstić information content (AvgIpc) is 2.39. The Hall–Kier alpha value is -2.43. The molecular formula is C15H16N2O3. The third-order valence-electron chi connectivity index (χ3n) is 3.04. The van der Waals surface area contributed by atoms with Gasteiger partial charge in [0.15, 0.2) is 0 Å². The molecular weight excluding hydrogens is 256 g/mol. The Kier molecular flexibility index (Phi) is 3.98. The first-order valence-electron chi connectivity index (χ1n) is 6.37. The summed E-state index contributed by atoms with van der Waals surface area (Å²) in [6.45, 7) is 5.51. The summed E-state index contributed by atoms with van der Waals surface area (Å²) in [5.74, 6) is -0.417. The Morgan fingerprint density at radius 2 is 2.15 bits per heavy atom. The first-order chi connectivity index (χ1) is 9.56. The van der Waals surface area contributed by atoms with Crippen LogP contribution in [0.4, 0.5) is 0 Å². The van der Waals surface area contributed by atoms with E-state index >= 15 is 0 Å². The van der Waals surface area contributed by atoms with Crippen LogP contribution in [0.1, 0.15) is 28.5 Å². The van der Waals surface area contributed by atoms with Gasteiger partial charge in [0, 0.05) is 18.0 Å². The van der Waals surface area contributed by atoms with E-state index in [1.807, 2.05) is 0 Å². The first-order valence-corrected chi connectivity index (χ1v) is 6.37. The van der Waals surface area contributed by atoms with Gasteiger partial charge >= 0.3 is 5.97 Å². The second kappa shape index (κ2) is 5.69. The summed E-state index contributed by atoms with van der Waals surface area (Å²) in [6.07, 6.45) is 3.21. The third-order valence-corrected chi connectivity index (χ3v) is 3.04. The molecule has 0 unspecified atom stereocenters. The molecule has 104 valence electrons. The van der Waals surface area contributed by atoms with Gasteiger partial charge in [-0.1, -0.05) is 0 Å². The van der Waals surface area contributed by atoms with Crippen LogP contribution in [0.5, 0.6) is 0 Å². The fourth-order valence-corrected chi connectivity index (χ4v) is 2.20. The van der Waals surface area contributed by atoms with Gasteiger partial charge in [-0.2, -0.15) is 0 Å². The molecule has 0 spiro atoms. The van der Waals surface area contributed by atoms with Gasteiger partial charge in [0.05, 0.1) is 24.1 Å². The summed E-state index contributed by atoms with van der Waals surface area (Å²) in [5, 5.41) is 0. The minimum atomic E-state index is -0.417. The average molecular weight is 272 g/mol. The van der Waals surface area contributed by atoms with Crippen molar-refractivity contribution < 1.29 is 9.53 Å². The Morgan fingerprint density at radius 3 is 2.75 bits per heavy atom. The highest BCUT2D eigenvalue weighted by Gasteiger charge is 2.18. The number of aromatic nitrogens is 2. The lowest BCUT2D eigenvalue weighted by atomic mass is 10.1. The topological polar surface area (TPSA) is 61.2 Å². The van der Waals surface area contributed by atoms with Crippen molar-refractivity contribution in [3.8, 4) is 5.69 Å². The van der Waals surface area contributed by atoms with Crippen molar-refractivity contribution in [2.24, 2.45) is 0 Å². The second-order valence-corrected chi connectivity index (χ2v) is 4.39. The van der Waals surface area contributed by atoms with Gasteiger partial charge in [0.25, 0.3) is 5.56 Å². The Balaban J connectivity index is 2.68. The standard InChI is InChI=1S/C15H16N2O3/c1-4-20-15(19)14-10(2)8-13(18)17(11(14)3)12-6-5-7-16-9-12/h5-9H,4H2,1-3H3. The van der Waals surface area contributed by atoms with Crippen LogP contribution in [0.2, 0.25) is 0 Å². The molecule has 0 radical (unpaired) electrons. The lowest BCUT2D eigenvalue weighted by Gasteiger charge is -2.15. The largest absolute Gasteiger partial charge is 0.462 e. The maximum absolute atomic E-state index is 12.2. The van der Waals surface area contributed by atoms with Crippen LogP contribution >= 0.6 is 0 Å². The number of pyridine rings is 2. The van der Waals surface area contributed by atoms with E-state index in [9.17, 15) is 9.59 Å². The van der Waals surface area contributed by atoms with Crippen molar-refractivity contribution in [3.05, 3.63) is 57.8 Å². The number of carbonyl (C=O) groups excluding carboxylic acids is 1. The summed E-state index contributed by atoms with van der Waals surface area (Å²) in [6, 6.07) is 4.95. The van der Waals surface area contributed by atoms with Crippen molar-refractivity contribution in [1.29, 1.82) is 0 Å². The number of hydrogen-bond donors (Lipinski definition) is 0. The molecule has 20 heavy (non-hydrogen) atoms. The van der Waals surface area contributed by atoms with Crippen LogP contribution in [0.3, 0.4) is 0 Å². The van der Waals surface area contributed by atoms with E-state index in [1.165, 1.54) is 10.6 Å². The van der Waals surface area contributed by atoms with Gasteiger partial charge in [-0.25, -0.2) is 4.79 Å². The molecule has 0 bridgehead atoms. The molecule has 0 saturated heterocycles. The molecule has 0 aliphatic carbocycles. The number of esters is 1. The van der Waals surface area contributed by atoms with E-state index in [0.29, 0.717) is 29.1 Å². The van der Waals surface area contributed by atoms with Gasteiger partial charge in [-0.3, -0.25) is 14.3 Å². The first kappa shape index (κ1) is 14.0. The van der Waals surface area contributed by atoms with Crippen molar-refractivity contribution in [1.82, 2.24) is 9.55 Å². The lowest BCUT2D eigenvalue weighted by Crippen LogP contribution is -2.24. The fourth-order valence-electron chi connectivity index (χ4n) is 2.20. The van der Waals surface area contributed by atoms with E-state index in [1.54, 1.807) is 45.3 Å². The highest BCUT2D eigenvalue weighted by Crippen LogP contribution is 2.16. The number of ether oxygens (including phenoxy) is 1. The minimum Gasteiger partial charge on any atom is -0.462 e. The molecule has 0 saturated carbocycles. The highest BCUT2D eigenvalue weighted by molar-refractivity contribution is 5.92. The van der Waals surface area contributed by atoms with E-state index in [-0.39, 0.29) is 5.56 Å². The van der Waals surface area contributed by atoms with Gasteiger partial charge in [-0.15, -0.1) is 0 Å². The zero-order valence-electron chi connectivity index (χ0n) is 11.7. The number of rotatable bonds is 3. The molecule has 0 atom stereocenters. The van der Waals surface area contributed by atoms with Crippen molar-refractivity contribution in [3.63, 3.8) is 0 Å². The summed E-state index contributed by atoms with van der Waals surface area (Å²) < 4.78 is 6.51. The monoisotopic (exact) mass is 272 g/mol. The van der Waals surface area contributed by atoms with E-state index in [2.05, 4.69) is 4.98 Å². The third kappa shape index (κ3) is 2.47. The molecule has 2 heterocycles. The molecule has 2 aromatic heterocycles. The van der Waals surface area contributed by atoms with Crippen LogP contribution < -0.4 is 5.56 Å². The van der Waals surface area contributed by atoms with E-state index in [0.717, 1.165) is 0 Å². The SMILES string of the molecule is CCOC(=O)c1c(C)cc(=O)n(-c2cccnc2)c1C. The van der Waals surface area contributed by atoms with Crippen molar-refractivity contribution >= 4 is 5.97 Å². The van der Waals surface area contributed by atoms with Gasteiger partial charge < -0.3 is 4.74 Å². The van der Waals surface area contributed by atoms with Crippen LogP contribution in [0.15, 0.2) is 35.4 Å². The number of carbonyl (C=O) groups is 1. The molecule has 5 heteroatoms. The van der Waals surface area contributed by atoms with Crippen LogP contribution in [0.25, 0.3) is 5.69 Å². The molecule has 0 fully saturated rings. The summed E-state index contributed by atoms with van der Waals surface area (Å²) in [7, 11) is 0. The van der Waals surface area contributed by atoms with Crippen molar-refractivity contribution in [2.45, 2.75) is 20.8 Å². The Bertz CT molecular complexity index is 690. The van der Waals surface area contributed by atoms with Crippen LogP contribution in [0, 0.1) is 13.8 Å². The van der Waals surface area contributed by atoms with Crippen LogP contribution in [-0.4, -0.2) is 22.1 Å². The maximum Gasteiger partial charge on any atom is 0.340 e. The molecule has 2 aromatic rings. The van der Waals surface area contributed by atoms with Gasteiger partial charge in [-0.05, 0) is 38.5 Å². The van der Waals surface area contributed by atoms with E-state index < -0.39 is 5.97 Å². The zero-order chi connectivity index (χ0) is 14.7. The molecule has 0 aliphatic heterocycles. The summed E-state index contributed by atoms with van der Waals surface area (Å²) in [4.78, 5) is 28.2. The second-order valence-electron chi connectivity index (χ2n) is 4.39. The highest BCUT2D eigenvalue weighted by atomic mass is 16.5. The molecule has 5 nitrogen and oxygen atoms in total. The minimum absolute atomic E-state index is 0.193. The number of nitrogens with zero attached hydrogens (tertiary/aromatic N) is 2. The molecule has 0 N–H and O–H groups in total. The smallest absolute Gasteiger partial charge is 0.340 e. The van der Waals surface area contributed by atoms with Gasteiger partial charge in [0.2, 0.25) is 0 Å². The molecule has 0 amide bonds. The summed E-state index contributed by atoms with van der Waals surface area (Å²) >= 11 is 0. The number of aryl methyl sites for hydroxylation is 1. The van der Waals surface area contributed by atoms with Crippen molar-refractivity contribution in [2.75, 3.05) is 6.61 Å². The normalized spacial score (nSPS) is 10.3. The quantitative estimate of drug-likeness (QED) is 0.802. The fraction of sp³-hybridized carbons (Fsp3) is 0.267. The zero-order valence-corrected chi connectivity index (χ0v) is 11.7. The molecule has 2 rings (SSSR count). The number of hydrogen-bond acceptors (Lipinski definition) is 4. The Labute approximate surface area is 116 Å². The molecule has 0 aromatic carbocycles. The predicted molar refractivity (Wildman–Crippen MR) is 75.3 cm³/mol. The maximum atomic E-state index is 12.2. The van der Waals surface area contributed by atoms with Crippen LogP contribution in [-0.2, 0) is 4.74 Å². The van der Waals surface area contributed by atoms with E-state index in [4.69, 9.17) is 4.74 Å². The predicted octanol–water partition coefficient (Wildman–Crippen LogP) is 2.03. The Morgan fingerprint density at radius 1 is 1.40 bits per heavy atom. The van der Waals surface area contributed by atoms with Gasteiger partial charge in [0.1, 0.15) is 0 Å². The molecule has 0 aliphatic rings. The summed E-state index contributed by atoms with van der Waals surface area (Å²) in [5.41, 5.74) is 2.03. The lowest BCUT2D eigenvalue weighted by molar-refractivity contribution is 0.0523.